The fourth-order valence-electron chi connectivity index (χ4n) is 0.809. The van der Waals surface area contributed by atoms with Crippen LogP contribution < -0.4 is 4.72 Å². The first-order valence-corrected chi connectivity index (χ1v) is 6.19. The summed E-state index contributed by atoms with van der Waals surface area (Å²) >= 11 is 5.54. The van der Waals surface area contributed by atoms with Crippen LogP contribution in [0.1, 0.15) is 19.8 Å². The Balaban J connectivity index is 2.30. The van der Waals surface area contributed by atoms with Crippen molar-refractivity contribution in [2.45, 2.75) is 25.0 Å². The van der Waals surface area contributed by atoms with Gasteiger partial charge < -0.3 is 0 Å². The number of nitrogens with one attached hydrogen (secondary N) is 1. The molecule has 0 bridgehead atoms. The molecule has 5 heteroatoms. The number of rotatable bonds is 5. The van der Waals surface area contributed by atoms with E-state index in [-0.39, 0.29) is 11.2 Å². The summed E-state index contributed by atoms with van der Waals surface area (Å²) in [6.45, 7) is 2.38. The number of hydrogen-bond acceptors (Lipinski definition) is 2. The van der Waals surface area contributed by atoms with E-state index in [0.717, 1.165) is 12.8 Å². The molecule has 0 amide bonds. The molecule has 1 fully saturated rings. The number of alkyl halides is 1. The molecule has 72 valence electrons. The molecular formula is C7H14ClNO2S. The van der Waals surface area contributed by atoms with Crippen LogP contribution in [0.5, 0.6) is 0 Å². The summed E-state index contributed by atoms with van der Waals surface area (Å²) in [6.07, 6.45) is 1.62. The highest BCUT2D eigenvalue weighted by molar-refractivity contribution is 7.90. The Bertz CT molecular complexity index is 236. The Hall–Kier alpha value is 0.200. The lowest BCUT2D eigenvalue weighted by molar-refractivity contribution is 0.560. The van der Waals surface area contributed by atoms with E-state index < -0.39 is 10.0 Å². The number of hydrogen-bond donors (Lipinski definition) is 1. The predicted molar refractivity (Wildman–Crippen MR) is 49.8 cm³/mol. The van der Waals surface area contributed by atoms with Gasteiger partial charge in [-0.2, -0.15) is 0 Å². The van der Waals surface area contributed by atoms with Crippen LogP contribution >= 0.6 is 11.6 Å². The minimum absolute atomic E-state index is 0.125. The summed E-state index contributed by atoms with van der Waals surface area (Å²) in [5, 5.41) is -0.125. The molecule has 0 aromatic carbocycles. The summed E-state index contributed by atoms with van der Waals surface area (Å²) in [6, 6.07) is 0. The number of halogens is 1. The van der Waals surface area contributed by atoms with Gasteiger partial charge in [0.05, 0.1) is 5.25 Å². The van der Waals surface area contributed by atoms with Gasteiger partial charge in [0.2, 0.25) is 10.0 Å². The highest BCUT2D eigenvalue weighted by atomic mass is 35.5. The van der Waals surface area contributed by atoms with E-state index >= 15 is 0 Å². The van der Waals surface area contributed by atoms with Crippen LogP contribution in [0, 0.1) is 5.92 Å². The molecule has 0 aliphatic heterocycles. The third kappa shape index (κ3) is 2.92. The van der Waals surface area contributed by atoms with E-state index in [1.165, 1.54) is 0 Å². The molecule has 1 saturated carbocycles. The lowest BCUT2D eigenvalue weighted by Crippen LogP contribution is -2.31. The molecule has 0 radical (unpaired) electrons. The normalized spacial score (nSPS) is 20.8. The SMILES string of the molecule is CC(CCl)CNS(=O)(=O)C1CC1. The quantitative estimate of drug-likeness (QED) is 0.689. The van der Waals surface area contributed by atoms with E-state index in [0.29, 0.717) is 12.4 Å². The minimum atomic E-state index is -3.00. The second kappa shape index (κ2) is 3.94. The van der Waals surface area contributed by atoms with Crippen LogP contribution in [-0.4, -0.2) is 26.1 Å². The highest BCUT2D eigenvalue weighted by Crippen LogP contribution is 2.27. The van der Waals surface area contributed by atoms with Gasteiger partial charge in [-0.1, -0.05) is 6.92 Å². The van der Waals surface area contributed by atoms with Crippen molar-refractivity contribution in [3.63, 3.8) is 0 Å². The van der Waals surface area contributed by atoms with Crippen molar-refractivity contribution in [1.29, 1.82) is 0 Å². The molecule has 0 spiro atoms. The molecule has 1 N–H and O–H groups in total. The van der Waals surface area contributed by atoms with E-state index in [2.05, 4.69) is 4.72 Å². The monoisotopic (exact) mass is 211 g/mol. The molecule has 1 rings (SSSR count). The lowest BCUT2D eigenvalue weighted by atomic mass is 10.2. The summed E-state index contributed by atoms with van der Waals surface area (Å²) in [7, 11) is -3.00. The van der Waals surface area contributed by atoms with E-state index in [1.54, 1.807) is 0 Å². The Morgan fingerprint density at radius 3 is 2.58 bits per heavy atom. The van der Waals surface area contributed by atoms with Crippen molar-refractivity contribution < 1.29 is 8.42 Å². The standard InChI is InChI=1S/C7H14ClNO2S/c1-6(4-8)5-9-12(10,11)7-2-3-7/h6-7,9H,2-5H2,1H3. The van der Waals surface area contributed by atoms with Crippen molar-refractivity contribution >= 4 is 21.6 Å². The summed E-state index contributed by atoms with van der Waals surface area (Å²) < 4.78 is 25.1. The van der Waals surface area contributed by atoms with Crippen LogP contribution in [0.25, 0.3) is 0 Å². The van der Waals surface area contributed by atoms with E-state index in [1.807, 2.05) is 6.92 Å². The van der Waals surface area contributed by atoms with Crippen molar-refractivity contribution in [2.24, 2.45) is 5.92 Å². The smallest absolute Gasteiger partial charge is 0.214 e. The molecule has 1 aliphatic carbocycles. The third-order valence-corrected chi connectivity index (χ3v) is 4.30. The van der Waals surface area contributed by atoms with E-state index in [4.69, 9.17) is 11.6 Å². The zero-order valence-corrected chi connectivity index (χ0v) is 8.66. The molecule has 0 aromatic rings. The van der Waals surface area contributed by atoms with Crippen molar-refractivity contribution in [1.82, 2.24) is 4.72 Å². The van der Waals surface area contributed by atoms with Gasteiger partial charge >= 0.3 is 0 Å². The Morgan fingerprint density at radius 1 is 1.58 bits per heavy atom. The van der Waals surface area contributed by atoms with Crippen LogP contribution in [0.4, 0.5) is 0 Å². The summed E-state index contributed by atoms with van der Waals surface area (Å²) in [5.41, 5.74) is 0. The largest absolute Gasteiger partial charge is 0.215 e. The van der Waals surface area contributed by atoms with Gasteiger partial charge in [-0.05, 0) is 18.8 Å². The highest BCUT2D eigenvalue weighted by Gasteiger charge is 2.35. The predicted octanol–water partition coefficient (Wildman–Crippen LogP) is 0.943. The first kappa shape index (κ1) is 10.3. The Labute approximate surface area is 78.5 Å². The maximum absolute atomic E-state index is 11.3. The molecule has 12 heavy (non-hydrogen) atoms. The second-order valence-corrected chi connectivity index (χ2v) is 5.71. The van der Waals surface area contributed by atoms with E-state index in [9.17, 15) is 8.42 Å². The fourth-order valence-corrected chi connectivity index (χ4v) is 2.43. The topological polar surface area (TPSA) is 46.2 Å². The minimum Gasteiger partial charge on any atom is -0.215 e. The van der Waals surface area contributed by atoms with Gasteiger partial charge in [0.25, 0.3) is 0 Å². The molecule has 0 saturated heterocycles. The molecule has 1 aliphatic rings. The summed E-state index contributed by atoms with van der Waals surface area (Å²) in [4.78, 5) is 0. The van der Waals surface area contributed by atoms with Gasteiger partial charge in [-0.15, -0.1) is 11.6 Å². The summed E-state index contributed by atoms with van der Waals surface area (Å²) in [5.74, 6) is 0.702. The lowest BCUT2D eigenvalue weighted by Gasteiger charge is -2.08. The third-order valence-electron chi connectivity index (χ3n) is 1.86. The maximum Gasteiger partial charge on any atom is 0.214 e. The van der Waals surface area contributed by atoms with Gasteiger partial charge in [0.1, 0.15) is 0 Å². The number of sulfonamides is 1. The van der Waals surface area contributed by atoms with Crippen molar-refractivity contribution in [3.05, 3.63) is 0 Å². The van der Waals surface area contributed by atoms with Gasteiger partial charge in [0.15, 0.2) is 0 Å². The zero-order valence-electron chi connectivity index (χ0n) is 7.09. The molecule has 3 nitrogen and oxygen atoms in total. The molecule has 1 unspecified atom stereocenters. The molecule has 0 aromatic heterocycles. The average molecular weight is 212 g/mol. The van der Waals surface area contributed by atoms with Crippen LogP contribution in [0.15, 0.2) is 0 Å². The maximum atomic E-state index is 11.3. The Kier molecular flexibility index (Phi) is 3.37. The van der Waals surface area contributed by atoms with Crippen molar-refractivity contribution in [2.75, 3.05) is 12.4 Å². The van der Waals surface area contributed by atoms with Gasteiger partial charge in [-0.25, -0.2) is 13.1 Å². The van der Waals surface area contributed by atoms with Crippen molar-refractivity contribution in [3.8, 4) is 0 Å². The fraction of sp³-hybridized carbons (Fsp3) is 1.00. The molecule has 0 heterocycles. The first-order valence-electron chi connectivity index (χ1n) is 4.10. The second-order valence-electron chi connectivity index (χ2n) is 3.35. The van der Waals surface area contributed by atoms with Crippen LogP contribution in [-0.2, 0) is 10.0 Å². The molecule has 1 atom stereocenters. The first-order chi connectivity index (χ1) is 5.56. The molecular weight excluding hydrogens is 198 g/mol. The van der Waals surface area contributed by atoms with Crippen LogP contribution in [0.2, 0.25) is 0 Å². The Morgan fingerprint density at radius 2 is 2.17 bits per heavy atom. The van der Waals surface area contributed by atoms with Gasteiger partial charge in [-0.3, -0.25) is 0 Å². The van der Waals surface area contributed by atoms with Crippen LogP contribution in [0.3, 0.4) is 0 Å². The average Bonchev–Trinajstić information content (AvgIpc) is 2.82. The zero-order chi connectivity index (χ0) is 9.19. The van der Waals surface area contributed by atoms with Gasteiger partial charge in [0, 0.05) is 12.4 Å².